The lowest BCUT2D eigenvalue weighted by Crippen LogP contribution is -2.37. The van der Waals surface area contributed by atoms with Crippen LogP contribution in [0.15, 0.2) is 28.4 Å². The highest BCUT2D eigenvalue weighted by molar-refractivity contribution is 8.00. The Hall–Kier alpha value is -0.930. The van der Waals surface area contributed by atoms with Crippen LogP contribution in [-0.2, 0) is 0 Å². The predicted octanol–water partition coefficient (Wildman–Crippen LogP) is 1.90. The molecule has 2 unspecified atom stereocenters. The minimum Gasteiger partial charge on any atom is -0.464 e. The van der Waals surface area contributed by atoms with Crippen LogP contribution in [0.3, 0.4) is 0 Å². The van der Waals surface area contributed by atoms with E-state index in [0.717, 1.165) is 23.7 Å². The number of hydrogen-bond donors (Lipinski definition) is 1. The minimum absolute atomic E-state index is 0.578. The third-order valence-corrected chi connectivity index (χ3v) is 4.70. The highest BCUT2D eigenvalue weighted by atomic mass is 32.2. The monoisotopic (exact) mass is 263 g/mol. The lowest BCUT2D eigenvalue weighted by Gasteiger charge is -2.27. The molecule has 0 saturated carbocycles. The quantitative estimate of drug-likeness (QED) is 0.882. The van der Waals surface area contributed by atoms with Crippen molar-refractivity contribution in [2.45, 2.75) is 31.3 Å². The normalized spacial score (nSPS) is 27.8. The number of furan rings is 1. The van der Waals surface area contributed by atoms with E-state index in [9.17, 15) is 0 Å². The number of allylic oxidation sites excluding steroid dienone is 1. The van der Waals surface area contributed by atoms with E-state index in [4.69, 9.17) is 4.42 Å². The van der Waals surface area contributed by atoms with Crippen LogP contribution in [0.25, 0.3) is 12.2 Å². The predicted molar refractivity (Wildman–Crippen MR) is 80.0 cm³/mol. The van der Waals surface area contributed by atoms with Crippen molar-refractivity contribution in [1.82, 2.24) is 5.32 Å². The Kier molecular flexibility index (Phi) is 4.72. The summed E-state index contributed by atoms with van der Waals surface area (Å²) in [4.78, 5) is 0. The largest absolute Gasteiger partial charge is 0.464 e. The van der Waals surface area contributed by atoms with Gasteiger partial charge in [-0.05, 0) is 26.0 Å². The van der Waals surface area contributed by atoms with Gasteiger partial charge in [-0.15, -0.1) is 11.8 Å². The van der Waals surface area contributed by atoms with Crippen molar-refractivity contribution < 1.29 is 4.42 Å². The summed E-state index contributed by atoms with van der Waals surface area (Å²) >= 11 is 2.05. The first-order chi connectivity index (χ1) is 8.70. The Morgan fingerprint density at radius 2 is 2.33 bits per heavy atom. The fraction of sp³-hybridized carbons (Fsp3) is 0.467. The average molecular weight is 263 g/mol. The van der Waals surface area contributed by atoms with E-state index < -0.39 is 0 Å². The summed E-state index contributed by atoms with van der Waals surface area (Å²) in [7, 11) is 0. The van der Waals surface area contributed by atoms with E-state index in [1.54, 1.807) is 6.26 Å². The van der Waals surface area contributed by atoms with Gasteiger partial charge in [0, 0.05) is 28.8 Å². The van der Waals surface area contributed by atoms with Crippen molar-refractivity contribution in [2.75, 3.05) is 13.1 Å². The molecule has 3 heteroatoms. The fourth-order valence-electron chi connectivity index (χ4n) is 2.08. The summed E-state index contributed by atoms with van der Waals surface area (Å²) in [6.07, 6.45) is 8.06. The maximum Gasteiger partial charge on any atom is 0.133 e. The summed E-state index contributed by atoms with van der Waals surface area (Å²) in [6.45, 7) is 8.69. The van der Waals surface area contributed by atoms with E-state index in [0.29, 0.717) is 10.5 Å². The summed E-state index contributed by atoms with van der Waals surface area (Å²) in [5.41, 5.74) is 2.34. The molecule has 0 aromatic carbocycles. The lowest BCUT2D eigenvalue weighted by atomic mass is 10.2. The van der Waals surface area contributed by atoms with Gasteiger partial charge in [-0.25, -0.2) is 0 Å². The van der Waals surface area contributed by atoms with Crippen molar-refractivity contribution in [1.29, 1.82) is 0 Å². The van der Waals surface area contributed by atoms with Crippen molar-refractivity contribution in [3.63, 3.8) is 0 Å². The van der Waals surface area contributed by atoms with Gasteiger partial charge < -0.3 is 9.73 Å². The molecule has 1 aromatic heterocycles. The smallest absolute Gasteiger partial charge is 0.133 e. The zero-order valence-corrected chi connectivity index (χ0v) is 12.1. The zero-order valence-electron chi connectivity index (χ0n) is 11.3. The van der Waals surface area contributed by atoms with Crippen LogP contribution in [0.1, 0.15) is 20.8 Å². The molecule has 1 N–H and O–H groups in total. The van der Waals surface area contributed by atoms with Crippen molar-refractivity contribution in [2.24, 2.45) is 0 Å². The number of nitrogens with one attached hydrogen (secondary N) is 1. The Labute approximate surface area is 113 Å². The molecule has 1 fully saturated rings. The lowest BCUT2D eigenvalue weighted by molar-refractivity contribution is 0.531. The van der Waals surface area contributed by atoms with Gasteiger partial charge in [0.15, 0.2) is 0 Å². The second-order valence-corrected chi connectivity index (χ2v) is 6.35. The van der Waals surface area contributed by atoms with Gasteiger partial charge in [-0.1, -0.05) is 24.6 Å². The molecule has 1 aliphatic rings. The molecule has 18 heavy (non-hydrogen) atoms. The van der Waals surface area contributed by atoms with Crippen LogP contribution in [0.5, 0.6) is 0 Å². The van der Waals surface area contributed by atoms with Gasteiger partial charge in [-0.2, -0.15) is 0 Å². The van der Waals surface area contributed by atoms with Gasteiger partial charge in [0.2, 0.25) is 0 Å². The summed E-state index contributed by atoms with van der Waals surface area (Å²) in [5, 5.41) is 5.90. The van der Waals surface area contributed by atoms with E-state index in [1.807, 2.05) is 13.0 Å². The van der Waals surface area contributed by atoms with E-state index in [-0.39, 0.29) is 0 Å². The van der Waals surface area contributed by atoms with E-state index in [1.165, 1.54) is 5.57 Å². The van der Waals surface area contributed by atoms with Crippen LogP contribution < -0.4 is 16.0 Å². The average Bonchev–Trinajstić information content (AvgIpc) is 2.83. The third-order valence-electron chi connectivity index (χ3n) is 3.20. The Morgan fingerprint density at radius 1 is 1.50 bits per heavy atom. The number of thioether (sulfide) groups is 1. The van der Waals surface area contributed by atoms with Crippen LogP contribution in [-0.4, -0.2) is 23.6 Å². The van der Waals surface area contributed by atoms with Crippen molar-refractivity contribution in [3.05, 3.63) is 34.6 Å². The topological polar surface area (TPSA) is 25.2 Å². The molecule has 2 atom stereocenters. The van der Waals surface area contributed by atoms with Crippen LogP contribution in [0.2, 0.25) is 0 Å². The molecular weight excluding hydrogens is 242 g/mol. The minimum atomic E-state index is 0.578. The first kappa shape index (κ1) is 13.5. The molecular formula is C15H21NOS. The van der Waals surface area contributed by atoms with Crippen molar-refractivity contribution in [3.8, 4) is 0 Å². The van der Waals surface area contributed by atoms with E-state index in [2.05, 4.69) is 49.2 Å². The summed E-state index contributed by atoms with van der Waals surface area (Å²) in [5.74, 6) is 0. The van der Waals surface area contributed by atoms with Crippen molar-refractivity contribution >= 4 is 23.9 Å². The standard InChI is InChI=1S/C15H21NOS/c1-4-13-7-8-17-14(13)6-5-11(2)15-10-16-9-12(3)18-15/h4-8,12,15-16H,9-10H2,1-3H3/b11-5+,13-4-,14-6+. The SMILES string of the molecule is C/C=c1/cco/c1=C/C=C(\C)C1CNCC(C)S1. The van der Waals surface area contributed by atoms with Gasteiger partial charge in [-0.3, -0.25) is 0 Å². The summed E-state index contributed by atoms with van der Waals surface area (Å²) in [6, 6.07) is 1.99. The maximum atomic E-state index is 5.46. The molecule has 0 spiro atoms. The van der Waals surface area contributed by atoms with Crippen LogP contribution >= 0.6 is 11.8 Å². The number of rotatable bonds is 2. The second kappa shape index (κ2) is 6.30. The van der Waals surface area contributed by atoms with Gasteiger partial charge >= 0.3 is 0 Å². The fourth-order valence-corrected chi connectivity index (χ4v) is 3.36. The first-order valence-corrected chi connectivity index (χ1v) is 7.39. The molecule has 2 heterocycles. The maximum absolute atomic E-state index is 5.46. The van der Waals surface area contributed by atoms with Gasteiger partial charge in [0.05, 0.1) is 6.26 Å². The molecule has 0 amide bonds. The highest BCUT2D eigenvalue weighted by Crippen LogP contribution is 2.25. The molecule has 1 saturated heterocycles. The number of hydrogen-bond acceptors (Lipinski definition) is 3. The van der Waals surface area contributed by atoms with Crippen LogP contribution in [0, 0.1) is 0 Å². The van der Waals surface area contributed by atoms with E-state index >= 15 is 0 Å². The van der Waals surface area contributed by atoms with Gasteiger partial charge in [0.1, 0.15) is 5.42 Å². The molecule has 0 radical (unpaired) electrons. The molecule has 1 aliphatic heterocycles. The molecule has 1 aromatic rings. The van der Waals surface area contributed by atoms with Crippen LogP contribution in [0.4, 0.5) is 0 Å². The molecule has 2 nitrogen and oxygen atoms in total. The summed E-state index contributed by atoms with van der Waals surface area (Å²) < 4.78 is 5.46. The Bertz CT molecular complexity index is 529. The molecule has 0 aliphatic carbocycles. The second-order valence-electron chi connectivity index (χ2n) is 4.70. The highest BCUT2D eigenvalue weighted by Gasteiger charge is 2.19. The third kappa shape index (κ3) is 3.30. The first-order valence-electron chi connectivity index (χ1n) is 6.45. The Balaban J connectivity index is 2.16. The molecule has 98 valence electrons. The Morgan fingerprint density at radius 3 is 3.06 bits per heavy atom. The zero-order chi connectivity index (χ0) is 13.0. The molecule has 2 rings (SSSR count). The van der Waals surface area contributed by atoms with Gasteiger partial charge in [0.25, 0.3) is 0 Å². The molecule has 0 bridgehead atoms.